The van der Waals surface area contributed by atoms with Gasteiger partial charge in [-0.2, -0.15) is 0 Å². The Balaban J connectivity index is 2.30. The van der Waals surface area contributed by atoms with Gasteiger partial charge in [-0.1, -0.05) is 38.5 Å². The van der Waals surface area contributed by atoms with Crippen molar-refractivity contribution in [1.29, 1.82) is 0 Å². The monoisotopic (exact) mass is 298 g/mol. The molecule has 1 heterocycles. The fraction of sp³-hybridized carbons (Fsp3) is 0.600. The third-order valence-corrected chi connectivity index (χ3v) is 5.85. The Morgan fingerprint density at radius 1 is 1.20 bits per heavy atom. The van der Waals surface area contributed by atoms with Crippen LogP contribution in [0.4, 0.5) is 0 Å². The van der Waals surface area contributed by atoms with E-state index in [9.17, 15) is 13.5 Å². The van der Waals surface area contributed by atoms with E-state index < -0.39 is 21.4 Å². The van der Waals surface area contributed by atoms with Gasteiger partial charge in [0.25, 0.3) is 0 Å². The van der Waals surface area contributed by atoms with Gasteiger partial charge in [0.1, 0.15) is 6.10 Å². The Kier molecular flexibility index (Phi) is 3.97. The van der Waals surface area contributed by atoms with E-state index in [1.807, 2.05) is 27.7 Å². The summed E-state index contributed by atoms with van der Waals surface area (Å²) in [6.07, 6.45) is -0.999. The molecule has 112 valence electrons. The zero-order valence-corrected chi connectivity index (χ0v) is 13.1. The highest BCUT2D eigenvalue weighted by Gasteiger charge is 2.48. The van der Waals surface area contributed by atoms with E-state index in [0.29, 0.717) is 0 Å². The van der Waals surface area contributed by atoms with Crippen LogP contribution in [0.5, 0.6) is 0 Å². The van der Waals surface area contributed by atoms with Crippen LogP contribution in [0, 0.1) is 18.3 Å². The predicted molar refractivity (Wildman–Crippen MR) is 77.1 cm³/mol. The van der Waals surface area contributed by atoms with Gasteiger partial charge in [0.15, 0.2) is 5.44 Å². The molecule has 0 bridgehead atoms. The molecule has 1 aliphatic heterocycles. The number of aryl methyl sites for hydroxylation is 1. The number of hydrogen-bond acceptors (Lipinski definition) is 4. The molecule has 5 heteroatoms. The number of sulfone groups is 1. The normalized spacial score (nSPS) is 27.8. The fourth-order valence-electron chi connectivity index (χ4n) is 2.48. The summed E-state index contributed by atoms with van der Waals surface area (Å²) in [6, 6.07) is 6.61. The maximum Gasteiger partial charge on any atom is 0.207 e. The smallest absolute Gasteiger partial charge is 0.207 e. The molecule has 0 amide bonds. The molecular formula is C15H22O4S. The molecule has 1 aromatic carbocycles. The van der Waals surface area contributed by atoms with Gasteiger partial charge in [0.05, 0.1) is 11.5 Å². The third-order valence-electron chi connectivity index (χ3n) is 3.90. The molecular weight excluding hydrogens is 276 g/mol. The molecule has 0 aromatic heterocycles. The van der Waals surface area contributed by atoms with Gasteiger partial charge < -0.3 is 9.84 Å². The van der Waals surface area contributed by atoms with E-state index in [4.69, 9.17) is 4.74 Å². The summed E-state index contributed by atoms with van der Waals surface area (Å²) >= 11 is 0. The molecule has 20 heavy (non-hydrogen) atoms. The first-order chi connectivity index (χ1) is 9.14. The highest BCUT2D eigenvalue weighted by atomic mass is 32.2. The molecule has 1 aromatic rings. The summed E-state index contributed by atoms with van der Waals surface area (Å²) in [5.74, 6) is -0.187. The first-order valence-electron chi connectivity index (χ1n) is 6.74. The van der Waals surface area contributed by atoms with Crippen LogP contribution in [0.2, 0.25) is 0 Å². The van der Waals surface area contributed by atoms with Crippen molar-refractivity contribution in [3.8, 4) is 0 Å². The average molecular weight is 298 g/mol. The average Bonchev–Trinajstić information content (AvgIpc) is 2.72. The van der Waals surface area contributed by atoms with E-state index in [1.54, 1.807) is 24.3 Å². The van der Waals surface area contributed by atoms with Gasteiger partial charge in [-0.05, 0) is 24.5 Å². The summed E-state index contributed by atoms with van der Waals surface area (Å²) in [5.41, 5.74) is -0.379. The second-order valence-electron chi connectivity index (χ2n) is 6.52. The fourth-order valence-corrected chi connectivity index (χ4v) is 4.08. The van der Waals surface area contributed by atoms with Gasteiger partial charge in [-0.15, -0.1) is 0 Å². The first-order valence-corrected chi connectivity index (χ1v) is 8.29. The van der Waals surface area contributed by atoms with Crippen LogP contribution >= 0.6 is 0 Å². The molecule has 0 saturated carbocycles. The Morgan fingerprint density at radius 2 is 1.75 bits per heavy atom. The molecule has 1 aliphatic rings. The van der Waals surface area contributed by atoms with Crippen LogP contribution in [-0.4, -0.2) is 31.7 Å². The van der Waals surface area contributed by atoms with Crippen LogP contribution < -0.4 is 0 Å². The van der Waals surface area contributed by atoms with Gasteiger partial charge in [0, 0.05) is 5.92 Å². The van der Waals surface area contributed by atoms with Gasteiger partial charge in [0.2, 0.25) is 9.84 Å². The van der Waals surface area contributed by atoms with E-state index in [-0.39, 0.29) is 22.8 Å². The molecule has 0 unspecified atom stereocenters. The Hall–Kier alpha value is -0.910. The summed E-state index contributed by atoms with van der Waals surface area (Å²) in [5, 5.41) is 10.3. The molecule has 1 fully saturated rings. The highest BCUT2D eigenvalue weighted by Crippen LogP contribution is 2.38. The van der Waals surface area contributed by atoms with Crippen molar-refractivity contribution < 1.29 is 18.3 Å². The van der Waals surface area contributed by atoms with Crippen LogP contribution in [0.15, 0.2) is 29.2 Å². The van der Waals surface area contributed by atoms with Crippen LogP contribution in [0.25, 0.3) is 0 Å². The minimum atomic E-state index is -3.67. The quantitative estimate of drug-likeness (QED) is 0.908. The number of aliphatic hydroxyl groups excluding tert-OH is 1. The largest absolute Gasteiger partial charge is 0.389 e. The summed E-state index contributed by atoms with van der Waals surface area (Å²) in [7, 11) is -3.67. The highest BCUT2D eigenvalue weighted by molar-refractivity contribution is 7.92. The standard InChI is InChI=1S/C15H22O4S/c1-10-5-7-11(8-6-10)20(17,18)14-13(16)12(9-19-14)15(2,3)4/h5-8,12-14,16H,9H2,1-4H3/t12-,13-,14+/m0/s1. The molecule has 2 rings (SSSR count). The van der Waals surface area contributed by atoms with Crippen molar-refractivity contribution in [2.75, 3.05) is 6.61 Å². The zero-order valence-electron chi connectivity index (χ0n) is 12.3. The second-order valence-corrected chi connectivity index (χ2v) is 8.55. The summed E-state index contributed by atoms with van der Waals surface area (Å²) in [6.45, 7) is 8.09. The van der Waals surface area contributed by atoms with Crippen molar-refractivity contribution in [2.24, 2.45) is 11.3 Å². The molecule has 1 N–H and O–H groups in total. The number of benzene rings is 1. The third kappa shape index (κ3) is 2.75. The lowest BCUT2D eigenvalue weighted by Gasteiger charge is -2.28. The molecule has 1 saturated heterocycles. The topological polar surface area (TPSA) is 63.6 Å². The van der Waals surface area contributed by atoms with E-state index in [1.165, 1.54) is 0 Å². The zero-order chi connectivity index (χ0) is 15.1. The molecule has 0 spiro atoms. The predicted octanol–water partition coefficient (Wildman–Crippen LogP) is 2.15. The SMILES string of the molecule is Cc1ccc(S(=O)(=O)[C@H]2OC[C@H](C(C)(C)C)[C@@H]2O)cc1. The summed E-state index contributed by atoms with van der Waals surface area (Å²) in [4.78, 5) is 0.196. The molecule has 0 aliphatic carbocycles. The van der Waals surface area contributed by atoms with Crippen molar-refractivity contribution >= 4 is 9.84 Å². The van der Waals surface area contributed by atoms with Crippen molar-refractivity contribution in [2.45, 2.75) is 44.1 Å². The lowest BCUT2D eigenvalue weighted by atomic mass is 9.79. The van der Waals surface area contributed by atoms with Crippen LogP contribution in [0.3, 0.4) is 0 Å². The molecule has 3 atom stereocenters. The Morgan fingerprint density at radius 3 is 2.20 bits per heavy atom. The van der Waals surface area contributed by atoms with E-state index >= 15 is 0 Å². The number of ether oxygens (including phenoxy) is 1. The maximum absolute atomic E-state index is 12.5. The van der Waals surface area contributed by atoms with Crippen molar-refractivity contribution in [3.63, 3.8) is 0 Å². The van der Waals surface area contributed by atoms with Gasteiger partial charge in [-0.3, -0.25) is 0 Å². The number of rotatable bonds is 2. The van der Waals surface area contributed by atoms with E-state index in [2.05, 4.69) is 0 Å². The Bertz CT molecular complexity index is 569. The van der Waals surface area contributed by atoms with E-state index in [0.717, 1.165) is 5.56 Å². The maximum atomic E-state index is 12.5. The minimum Gasteiger partial charge on any atom is -0.389 e. The van der Waals surface area contributed by atoms with Gasteiger partial charge >= 0.3 is 0 Å². The lowest BCUT2D eigenvalue weighted by molar-refractivity contribution is 0.0682. The van der Waals surface area contributed by atoms with Crippen molar-refractivity contribution in [3.05, 3.63) is 29.8 Å². The number of hydrogen-bond donors (Lipinski definition) is 1. The molecule has 0 radical (unpaired) electrons. The summed E-state index contributed by atoms with van der Waals surface area (Å²) < 4.78 is 30.5. The first kappa shape index (κ1) is 15.5. The van der Waals surface area contributed by atoms with Crippen LogP contribution in [-0.2, 0) is 14.6 Å². The Labute approximate surface area is 120 Å². The second kappa shape index (κ2) is 5.13. The lowest BCUT2D eigenvalue weighted by Crippen LogP contribution is -2.38. The van der Waals surface area contributed by atoms with Gasteiger partial charge in [-0.25, -0.2) is 8.42 Å². The minimum absolute atomic E-state index is 0.187. The van der Waals surface area contributed by atoms with Crippen LogP contribution in [0.1, 0.15) is 26.3 Å². The number of aliphatic hydroxyl groups is 1. The molecule has 4 nitrogen and oxygen atoms in total. The van der Waals surface area contributed by atoms with Crippen molar-refractivity contribution in [1.82, 2.24) is 0 Å².